The second kappa shape index (κ2) is 7.30. The molecule has 2 rings (SSSR count). The highest BCUT2D eigenvalue weighted by molar-refractivity contribution is 5.56. The van der Waals surface area contributed by atoms with Gasteiger partial charge in [-0.05, 0) is 18.6 Å². The van der Waals surface area contributed by atoms with Crippen molar-refractivity contribution in [3.05, 3.63) is 42.1 Å². The highest BCUT2D eigenvalue weighted by Crippen LogP contribution is 2.36. The molecule has 0 atom stereocenters. The fraction of sp³-hybridized carbons (Fsp3) is 0.375. The van der Waals surface area contributed by atoms with Gasteiger partial charge in [0.2, 0.25) is 11.8 Å². The maximum absolute atomic E-state index is 13.0. The summed E-state index contributed by atoms with van der Waals surface area (Å²) in [6, 6.07) is 9.14. The molecule has 0 aliphatic carbocycles. The van der Waals surface area contributed by atoms with E-state index >= 15 is 0 Å². The molecule has 1 heterocycles. The van der Waals surface area contributed by atoms with Crippen LogP contribution in [0.1, 0.15) is 25.3 Å². The summed E-state index contributed by atoms with van der Waals surface area (Å²) in [4.78, 5) is 9.39. The number of hydrogen-bond acceptors (Lipinski definition) is 4. The summed E-state index contributed by atoms with van der Waals surface area (Å²) in [6.45, 7) is 2.12. The summed E-state index contributed by atoms with van der Waals surface area (Å²) < 4.78 is 44.4. The molecular formula is C16H18F3N3O. The van der Waals surface area contributed by atoms with Gasteiger partial charge in [-0.15, -0.1) is 0 Å². The Morgan fingerprint density at radius 2 is 1.87 bits per heavy atom. The molecule has 1 aromatic heterocycles. The number of benzene rings is 1. The van der Waals surface area contributed by atoms with E-state index in [9.17, 15) is 13.2 Å². The molecule has 0 saturated carbocycles. The number of nitrogens with zero attached hydrogens (tertiary/aromatic N) is 3. The predicted molar refractivity (Wildman–Crippen MR) is 81.9 cm³/mol. The average Bonchev–Trinajstić information content (AvgIpc) is 2.54. The van der Waals surface area contributed by atoms with Gasteiger partial charge in [-0.3, -0.25) is 0 Å². The first kappa shape index (κ1) is 17.1. The monoisotopic (exact) mass is 325 g/mol. The van der Waals surface area contributed by atoms with Gasteiger partial charge in [0, 0.05) is 18.9 Å². The van der Waals surface area contributed by atoms with E-state index < -0.39 is 17.6 Å². The van der Waals surface area contributed by atoms with Gasteiger partial charge < -0.3 is 9.64 Å². The fourth-order valence-electron chi connectivity index (χ4n) is 1.90. The van der Waals surface area contributed by atoms with E-state index in [4.69, 9.17) is 4.74 Å². The van der Waals surface area contributed by atoms with Crippen molar-refractivity contribution in [3.8, 4) is 5.88 Å². The van der Waals surface area contributed by atoms with Gasteiger partial charge >= 0.3 is 6.18 Å². The number of hydrogen-bond donors (Lipinski definition) is 0. The molecule has 2 aromatic rings. The maximum Gasteiger partial charge on any atom is 0.423 e. The number of anilines is 2. The molecule has 4 nitrogen and oxygen atoms in total. The second-order valence-electron chi connectivity index (χ2n) is 4.98. The lowest BCUT2D eigenvalue weighted by Crippen LogP contribution is -2.17. The SMILES string of the molecule is CCCCOc1nc(N(C)c2ccccc2)ncc1C(F)(F)F. The third-order valence-electron chi connectivity index (χ3n) is 3.23. The van der Waals surface area contributed by atoms with Crippen molar-refractivity contribution in [2.75, 3.05) is 18.6 Å². The Bertz CT molecular complexity index is 632. The third-order valence-corrected chi connectivity index (χ3v) is 3.23. The lowest BCUT2D eigenvalue weighted by atomic mass is 10.3. The number of unbranched alkanes of at least 4 members (excludes halogenated alkanes) is 1. The largest absolute Gasteiger partial charge is 0.477 e. The molecule has 0 saturated heterocycles. The van der Waals surface area contributed by atoms with Crippen LogP contribution in [0, 0.1) is 0 Å². The number of alkyl halides is 3. The van der Waals surface area contributed by atoms with Crippen LogP contribution in [-0.2, 0) is 6.18 Å². The highest BCUT2D eigenvalue weighted by Gasteiger charge is 2.36. The van der Waals surface area contributed by atoms with E-state index in [2.05, 4.69) is 9.97 Å². The van der Waals surface area contributed by atoms with Crippen LogP contribution >= 0.6 is 0 Å². The summed E-state index contributed by atoms with van der Waals surface area (Å²) in [5.74, 6) is -0.283. The second-order valence-corrected chi connectivity index (χ2v) is 4.98. The van der Waals surface area contributed by atoms with Gasteiger partial charge in [0.1, 0.15) is 5.56 Å². The maximum atomic E-state index is 13.0. The lowest BCUT2D eigenvalue weighted by molar-refractivity contribution is -0.139. The van der Waals surface area contributed by atoms with Crippen LogP contribution < -0.4 is 9.64 Å². The number of rotatable bonds is 6. The Hall–Kier alpha value is -2.31. The van der Waals surface area contributed by atoms with Crippen molar-refractivity contribution >= 4 is 11.6 Å². The number of aromatic nitrogens is 2. The Morgan fingerprint density at radius 3 is 2.48 bits per heavy atom. The summed E-state index contributed by atoms with van der Waals surface area (Å²) >= 11 is 0. The van der Waals surface area contributed by atoms with E-state index in [-0.39, 0.29) is 12.6 Å². The van der Waals surface area contributed by atoms with Crippen molar-refractivity contribution in [3.63, 3.8) is 0 Å². The number of para-hydroxylation sites is 1. The minimum atomic E-state index is -4.55. The minimum Gasteiger partial charge on any atom is -0.477 e. The van der Waals surface area contributed by atoms with E-state index in [1.165, 1.54) is 0 Å². The zero-order chi connectivity index (χ0) is 16.9. The molecule has 0 aliphatic heterocycles. The zero-order valence-electron chi connectivity index (χ0n) is 13.0. The molecule has 1 aromatic carbocycles. The summed E-state index contributed by atoms with van der Waals surface area (Å²) in [7, 11) is 1.69. The van der Waals surface area contributed by atoms with Crippen molar-refractivity contribution in [1.82, 2.24) is 9.97 Å². The average molecular weight is 325 g/mol. The summed E-state index contributed by atoms with van der Waals surface area (Å²) in [5.41, 5.74) is -0.189. The van der Waals surface area contributed by atoms with E-state index in [0.717, 1.165) is 18.3 Å². The summed E-state index contributed by atoms with van der Waals surface area (Å²) in [5, 5.41) is 0. The predicted octanol–water partition coefficient (Wildman–Crippen LogP) is 4.44. The Labute approximate surface area is 132 Å². The van der Waals surface area contributed by atoms with Gasteiger partial charge in [0.15, 0.2) is 0 Å². The van der Waals surface area contributed by atoms with E-state index in [0.29, 0.717) is 6.42 Å². The molecule has 0 fully saturated rings. The summed E-state index contributed by atoms with van der Waals surface area (Å²) in [6.07, 6.45) is -2.30. The highest BCUT2D eigenvalue weighted by atomic mass is 19.4. The lowest BCUT2D eigenvalue weighted by Gasteiger charge is -2.19. The molecule has 124 valence electrons. The van der Waals surface area contributed by atoms with Crippen LogP contribution in [0.2, 0.25) is 0 Å². The standard InChI is InChI=1S/C16H18F3N3O/c1-3-4-10-23-14-13(16(17,18)19)11-20-15(21-14)22(2)12-8-6-5-7-9-12/h5-9,11H,3-4,10H2,1-2H3. The van der Waals surface area contributed by atoms with Crippen LogP contribution in [0.3, 0.4) is 0 Å². The molecule has 0 radical (unpaired) electrons. The molecule has 0 aliphatic rings. The number of halogens is 3. The third kappa shape index (κ3) is 4.34. The van der Waals surface area contributed by atoms with Gasteiger partial charge in [-0.2, -0.15) is 18.2 Å². The minimum absolute atomic E-state index is 0.149. The van der Waals surface area contributed by atoms with E-state index in [1.54, 1.807) is 11.9 Å². The first-order valence-corrected chi connectivity index (χ1v) is 7.29. The van der Waals surface area contributed by atoms with Crippen molar-refractivity contribution in [2.24, 2.45) is 0 Å². The molecule has 0 N–H and O–H groups in total. The molecule has 7 heteroatoms. The quantitative estimate of drug-likeness (QED) is 0.736. The Balaban J connectivity index is 2.33. The molecule has 23 heavy (non-hydrogen) atoms. The topological polar surface area (TPSA) is 38.2 Å². The molecule has 0 bridgehead atoms. The van der Waals surface area contributed by atoms with Crippen LogP contribution in [0.4, 0.5) is 24.8 Å². The van der Waals surface area contributed by atoms with Gasteiger partial charge in [-0.1, -0.05) is 31.5 Å². The molecule has 0 unspecified atom stereocenters. The smallest absolute Gasteiger partial charge is 0.423 e. The molecular weight excluding hydrogens is 307 g/mol. The van der Waals surface area contributed by atoms with Crippen LogP contribution in [-0.4, -0.2) is 23.6 Å². The van der Waals surface area contributed by atoms with Crippen LogP contribution in [0.5, 0.6) is 5.88 Å². The van der Waals surface area contributed by atoms with Crippen LogP contribution in [0.25, 0.3) is 0 Å². The Kier molecular flexibility index (Phi) is 5.41. The Morgan fingerprint density at radius 1 is 1.17 bits per heavy atom. The first-order chi connectivity index (χ1) is 10.9. The zero-order valence-corrected chi connectivity index (χ0v) is 13.0. The number of ether oxygens (including phenoxy) is 1. The van der Waals surface area contributed by atoms with Crippen molar-refractivity contribution in [1.29, 1.82) is 0 Å². The van der Waals surface area contributed by atoms with Gasteiger partial charge in [0.05, 0.1) is 6.61 Å². The van der Waals surface area contributed by atoms with Gasteiger partial charge in [-0.25, -0.2) is 4.98 Å². The van der Waals surface area contributed by atoms with Crippen LogP contribution in [0.15, 0.2) is 36.5 Å². The molecule has 0 amide bonds. The van der Waals surface area contributed by atoms with E-state index in [1.807, 2.05) is 37.3 Å². The molecule has 0 spiro atoms. The fourth-order valence-corrected chi connectivity index (χ4v) is 1.90. The first-order valence-electron chi connectivity index (χ1n) is 7.29. The van der Waals surface area contributed by atoms with Gasteiger partial charge in [0.25, 0.3) is 0 Å². The van der Waals surface area contributed by atoms with Crippen molar-refractivity contribution in [2.45, 2.75) is 25.9 Å². The van der Waals surface area contributed by atoms with Crippen molar-refractivity contribution < 1.29 is 17.9 Å². The normalized spacial score (nSPS) is 11.3.